The van der Waals surface area contributed by atoms with Crippen molar-refractivity contribution in [3.8, 4) is 0 Å². The van der Waals surface area contributed by atoms with Crippen molar-refractivity contribution in [2.45, 2.75) is 24.4 Å². The Morgan fingerprint density at radius 3 is 2.35 bits per heavy atom. The fraction of sp³-hybridized carbons (Fsp3) is 0.174. The molecule has 0 aliphatic rings. The van der Waals surface area contributed by atoms with Crippen molar-refractivity contribution in [3.63, 3.8) is 0 Å². The maximum atomic E-state index is 13.3. The summed E-state index contributed by atoms with van der Waals surface area (Å²) in [5.41, 5.74) is 1.70. The van der Waals surface area contributed by atoms with Crippen molar-refractivity contribution in [3.05, 3.63) is 99.5 Å². The zero-order valence-corrected chi connectivity index (χ0v) is 20.0. The summed E-state index contributed by atoms with van der Waals surface area (Å²) >= 11 is 9.33. The van der Waals surface area contributed by atoms with Crippen LogP contribution in [0, 0.1) is 0 Å². The molecule has 0 fully saturated rings. The van der Waals surface area contributed by atoms with Gasteiger partial charge in [0.1, 0.15) is 0 Å². The van der Waals surface area contributed by atoms with Crippen LogP contribution in [0.3, 0.4) is 0 Å². The Morgan fingerprint density at radius 2 is 1.71 bits per heavy atom. The molecule has 5 nitrogen and oxygen atoms in total. The van der Waals surface area contributed by atoms with Gasteiger partial charge in [-0.25, -0.2) is 8.42 Å². The normalized spacial score (nSPS) is 12.5. The highest BCUT2D eigenvalue weighted by molar-refractivity contribution is 9.10. The maximum absolute atomic E-state index is 13.3. The second kappa shape index (κ2) is 10.4. The lowest BCUT2D eigenvalue weighted by Crippen LogP contribution is -2.41. The Hall–Kier alpha value is -2.19. The summed E-state index contributed by atoms with van der Waals surface area (Å²) in [6.45, 7) is 1.62. The summed E-state index contributed by atoms with van der Waals surface area (Å²) in [5.74, 6) is -0.388. The first kappa shape index (κ1) is 23.5. The maximum Gasteiger partial charge on any atom is 0.243 e. The Kier molecular flexibility index (Phi) is 7.89. The van der Waals surface area contributed by atoms with Gasteiger partial charge in [-0.1, -0.05) is 70.0 Å². The van der Waals surface area contributed by atoms with E-state index in [1.54, 1.807) is 0 Å². The number of hydrogen-bond donors (Lipinski definition) is 1. The molecule has 162 valence electrons. The summed E-state index contributed by atoms with van der Waals surface area (Å²) in [7, 11) is -3.91. The molecule has 3 rings (SSSR count). The van der Waals surface area contributed by atoms with Crippen LogP contribution in [0.1, 0.15) is 24.1 Å². The van der Waals surface area contributed by atoms with Crippen LogP contribution in [0.4, 0.5) is 0 Å². The highest BCUT2D eigenvalue weighted by atomic mass is 79.9. The minimum atomic E-state index is -3.91. The van der Waals surface area contributed by atoms with Gasteiger partial charge >= 0.3 is 0 Å². The van der Waals surface area contributed by atoms with E-state index < -0.39 is 10.0 Å². The summed E-state index contributed by atoms with van der Waals surface area (Å²) < 4.78 is 28.6. The van der Waals surface area contributed by atoms with Gasteiger partial charge in [-0.05, 0) is 54.4 Å². The average molecular weight is 522 g/mol. The minimum absolute atomic E-state index is 0.0739. The van der Waals surface area contributed by atoms with Gasteiger partial charge in [0, 0.05) is 16.0 Å². The molecule has 0 bridgehead atoms. The van der Waals surface area contributed by atoms with Crippen molar-refractivity contribution < 1.29 is 13.2 Å². The average Bonchev–Trinajstić information content (AvgIpc) is 2.74. The fourth-order valence-electron chi connectivity index (χ4n) is 3.08. The van der Waals surface area contributed by atoms with Crippen LogP contribution < -0.4 is 5.32 Å². The van der Waals surface area contributed by atoms with Gasteiger partial charge in [0.05, 0.1) is 17.5 Å². The molecule has 0 saturated carbocycles. The van der Waals surface area contributed by atoms with Crippen molar-refractivity contribution in [1.29, 1.82) is 0 Å². The van der Waals surface area contributed by atoms with Crippen LogP contribution in [-0.4, -0.2) is 25.2 Å². The van der Waals surface area contributed by atoms with Crippen molar-refractivity contribution in [2.75, 3.05) is 6.54 Å². The Bertz CT molecular complexity index is 1140. The van der Waals surface area contributed by atoms with Crippen molar-refractivity contribution >= 4 is 43.5 Å². The van der Waals surface area contributed by atoms with E-state index in [0.717, 1.165) is 15.6 Å². The van der Waals surface area contributed by atoms with E-state index in [4.69, 9.17) is 11.6 Å². The number of carbonyl (C=O) groups is 1. The number of carbonyl (C=O) groups excluding carboxylic acids is 1. The first-order valence-electron chi connectivity index (χ1n) is 9.60. The van der Waals surface area contributed by atoms with E-state index in [1.807, 2.05) is 61.5 Å². The molecule has 8 heteroatoms. The van der Waals surface area contributed by atoms with Crippen LogP contribution in [0.5, 0.6) is 0 Å². The Labute approximate surface area is 196 Å². The quantitative estimate of drug-likeness (QED) is 0.445. The number of amides is 1. The van der Waals surface area contributed by atoms with Gasteiger partial charge in [-0.3, -0.25) is 4.79 Å². The largest absolute Gasteiger partial charge is 0.348 e. The number of nitrogens with zero attached hydrogens (tertiary/aromatic N) is 1. The number of benzene rings is 3. The van der Waals surface area contributed by atoms with Crippen LogP contribution in [-0.2, 0) is 21.4 Å². The summed E-state index contributed by atoms with van der Waals surface area (Å²) in [6.07, 6.45) is 0. The number of sulfonamides is 1. The molecule has 0 aliphatic carbocycles. The molecular weight excluding hydrogens is 500 g/mol. The zero-order chi connectivity index (χ0) is 22.4. The van der Waals surface area contributed by atoms with Gasteiger partial charge in [-0.2, -0.15) is 4.31 Å². The molecule has 1 amide bonds. The van der Waals surface area contributed by atoms with Gasteiger partial charge in [0.15, 0.2) is 0 Å². The molecule has 3 aromatic carbocycles. The van der Waals surface area contributed by atoms with Gasteiger partial charge in [-0.15, -0.1) is 0 Å². The number of rotatable bonds is 8. The van der Waals surface area contributed by atoms with Crippen LogP contribution in [0.15, 0.2) is 88.2 Å². The van der Waals surface area contributed by atoms with E-state index in [-0.39, 0.29) is 29.9 Å². The molecule has 0 aliphatic heterocycles. The molecule has 0 heterocycles. The van der Waals surface area contributed by atoms with E-state index in [0.29, 0.717) is 5.02 Å². The van der Waals surface area contributed by atoms with Crippen LogP contribution >= 0.6 is 27.5 Å². The smallest absolute Gasteiger partial charge is 0.243 e. The van der Waals surface area contributed by atoms with E-state index in [1.165, 1.54) is 28.6 Å². The first-order chi connectivity index (χ1) is 14.8. The highest BCUT2D eigenvalue weighted by Crippen LogP contribution is 2.21. The molecule has 1 N–H and O–H groups in total. The lowest BCUT2D eigenvalue weighted by Gasteiger charge is -2.23. The lowest BCUT2D eigenvalue weighted by molar-refractivity contribution is -0.122. The molecule has 0 radical (unpaired) electrons. The topological polar surface area (TPSA) is 66.5 Å². The standard InChI is InChI=1S/C23H22BrClN2O3S/c1-17(19-8-5-9-20(24)14-19)26-23(28)16-27(15-18-6-3-2-4-7-18)31(29,30)22-12-10-21(25)11-13-22/h2-14,17H,15-16H2,1H3,(H,26,28). The second-order valence-electron chi connectivity index (χ2n) is 7.06. The monoisotopic (exact) mass is 520 g/mol. The predicted octanol–water partition coefficient (Wildman–Crippen LogP) is 5.17. The Morgan fingerprint density at radius 1 is 1.03 bits per heavy atom. The zero-order valence-electron chi connectivity index (χ0n) is 16.8. The van der Waals surface area contributed by atoms with Crippen molar-refractivity contribution in [2.24, 2.45) is 0 Å². The third-order valence-corrected chi connectivity index (χ3v) is 7.25. The highest BCUT2D eigenvalue weighted by Gasteiger charge is 2.27. The molecule has 0 aromatic heterocycles. The molecule has 0 spiro atoms. The molecular formula is C23H22BrClN2O3S. The summed E-state index contributed by atoms with van der Waals surface area (Å²) in [4.78, 5) is 12.9. The van der Waals surface area contributed by atoms with Gasteiger partial charge in [0.2, 0.25) is 15.9 Å². The van der Waals surface area contributed by atoms with Crippen LogP contribution in [0.2, 0.25) is 5.02 Å². The SMILES string of the molecule is CC(NC(=O)CN(Cc1ccccc1)S(=O)(=O)c1ccc(Cl)cc1)c1cccc(Br)c1. The Balaban J connectivity index is 1.82. The minimum Gasteiger partial charge on any atom is -0.348 e. The molecule has 0 saturated heterocycles. The van der Waals surface area contributed by atoms with Crippen molar-refractivity contribution in [1.82, 2.24) is 9.62 Å². The lowest BCUT2D eigenvalue weighted by atomic mass is 10.1. The van der Waals surface area contributed by atoms with E-state index in [2.05, 4.69) is 21.2 Å². The summed E-state index contributed by atoms with van der Waals surface area (Å²) in [5, 5.41) is 3.32. The number of halogens is 2. The fourth-order valence-corrected chi connectivity index (χ4v) is 5.00. The molecule has 1 unspecified atom stereocenters. The summed E-state index contributed by atoms with van der Waals surface area (Å²) in [6, 6.07) is 22.4. The van der Waals surface area contributed by atoms with E-state index >= 15 is 0 Å². The number of nitrogens with one attached hydrogen (secondary N) is 1. The predicted molar refractivity (Wildman–Crippen MR) is 126 cm³/mol. The van der Waals surface area contributed by atoms with Gasteiger partial charge < -0.3 is 5.32 Å². The third-order valence-electron chi connectivity index (χ3n) is 4.70. The third kappa shape index (κ3) is 6.40. The molecule has 3 aromatic rings. The van der Waals surface area contributed by atoms with Gasteiger partial charge in [0.25, 0.3) is 0 Å². The molecule has 1 atom stereocenters. The number of hydrogen-bond acceptors (Lipinski definition) is 3. The molecule has 31 heavy (non-hydrogen) atoms. The van der Waals surface area contributed by atoms with Crippen LogP contribution in [0.25, 0.3) is 0 Å². The van der Waals surface area contributed by atoms with E-state index in [9.17, 15) is 13.2 Å². The first-order valence-corrected chi connectivity index (χ1v) is 12.2. The second-order valence-corrected chi connectivity index (χ2v) is 10.3.